The van der Waals surface area contributed by atoms with Crippen molar-refractivity contribution in [2.24, 2.45) is 7.05 Å². The molecule has 0 atom stereocenters. The van der Waals surface area contributed by atoms with Crippen LogP contribution in [0.5, 0.6) is 0 Å². The van der Waals surface area contributed by atoms with Crippen LogP contribution in [0.25, 0.3) is 0 Å². The molecule has 0 spiro atoms. The van der Waals surface area contributed by atoms with E-state index >= 15 is 0 Å². The van der Waals surface area contributed by atoms with E-state index in [1.165, 1.54) is 17.9 Å². The molecular weight excluding hydrogens is 308 g/mol. The number of aliphatic hydroxyl groups is 1. The first-order valence-corrected chi connectivity index (χ1v) is 6.49. The summed E-state index contributed by atoms with van der Waals surface area (Å²) in [5.74, 6) is 0.456. The van der Waals surface area contributed by atoms with E-state index < -0.39 is 27.8 Å². The first kappa shape index (κ1) is 16.3. The Kier molecular flexibility index (Phi) is 4.50. The normalized spacial score (nSPS) is 10.6. The van der Waals surface area contributed by atoms with Crippen LogP contribution in [0.4, 0.5) is 17.1 Å². The molecule has 0 fully saturated rings. The van der Waals surface area contributed by atoms with Crippen LogP contribution in [-0.4, -0.2) is 29.7 Å². The van der Waals surface area contributed by atoms with Crippen molar-refractivity contribution in [3.8, 4) is 0 Å². The molecule has 0 amide bonds. The maximum Gasteiger partial charge on any atom is 0.302 e. The van der Waals surface area contributed by atoms with E-state index in [-0.39, 0.29) is 23.4 Å². The second kappa shape index (κ2) is 6.36. The molecule has 2 aromatic rings. The Morgan fingerprint density at radius 2 is 2.04 bits per heavy atom. The molecule has 0 aliphatic carbocycles. The summed E-state index contributed by atoms with van der Waals surface area (Å²) in [5, 5.41) is 38.4. The molecule has 0 saturated carbocycles. The molecular formula is C12H14N6O5. The van der Waals surface area contributed by atoms with Crippen molar-refractivity contribution < 1.29 is 15.0 Å². The number of nitrogens with zero attached hydrogens (tertiary/aromatic N) is 5. The van der Waals surface area contributed by atoms with Gasteiger partial charge >= 0.3 is 5.69 Å². The van der Waals surface area contributed by atoms with Gasteiger partial charge in [0.15, 0.2) is 5.69 Å². The molecule has 0 aliphatic heterocycles. The van der Waals surface area contributed by atoms with Gasteiger partial charge in [0.1, 0.15) is 12.2 Å². The maximum atomic E-state index is 11.3. The first-order valence-electron chi connectivity index (χ1n) is 6.49. The van der Waals surface area contributed by atoms with Crippen LogP contribution in [0.2, 0.25) is 0 Å². The lowest BCUT2D eigenvalue weighted by atomic mass is 10.0. The highest BCUT2D eigenvalue weighted by Gasteiger charge is 2.30. The number of nitro benzene ring substituents is 2. The number of hydrogen-bond acceptors (Lipinski definition) is 8. The molecule has 1 heterocycles. The largest absolute Gasteiger partial charge is 0.392 e. The lowest BCUT2D eigenvalue weighted by molar-refractivity contribution is -0.392. The summed E-state index contributed by atoms with van der Waals surface area (Å²) >= 11 is 0. The van der Waals surface area contributed by atoms with E-state index in [0.29, 0.717) is 5.82 Å². The molecule has 23 heavy (non-hydrogen) atoms. The van der Waals surface area contributed by atoms with Gasteiger partial charge in [0, 0.05) is 18.7 Å². The van der Waals surface area contributed by atoms with Gasteiger partial charge in [-0.25, -0.2) is 4.98 Å². The van der Waals surface area contributed by atoms with Crippen LogP contribution >= 0.6 is 0 Å². The average Bonchev–Trinajstić information content (AvgIpc) is 2.89. The first-order chi connectivity index (χ1) is 10.9. The smallest absolute Gasteiger partial charge is 0.302 e. The zero-order valence-corrected chi connectivity index (χ0v) is 12.4. The third-order valence-electron chi connectivity index (χ3n) is 3.42. The predicted molar refractivity (Wildman–Crippen MR) is 78.7 cm³/mol. The molecule has 2 N–H and O–H groups in total. The van der Waals surface area contributed by atoms with Crippen molar-refractivity contribution in [1.82, 2.24) is 14.8 Å². The maximum absolute atomic E-state index is 11.3. The van der Waals surface area contributed by atoms with E-state index in [1.807, 2.05) is 0 Å². The molecule has 0 saturated heterocycles. The van der Waals surface area contributed by atoms with Gasteiger partial charge in [-0.1, -0.05) is 0 Å². The standard InChI is InChI=1S/C12H14N6O5/c1-7-8(5-19)3-9(17(20)21)11(12(7)18(22)23)13-4-10-14-6-15-16(10)2/h3,6,13,19H,4-5H2,1-2H3. The predicted octanol–water partition coefficient (Wildman–Crippen LogP) is 1.04. The van der Waals surface area contributed by atoms with E-state index in [9.17, 15) is 25.3 Å². The monoisotopic (exact) mass is 322 g/mol. The van der Waals surface area contributed by atoms with Crippen LogP contribution in [-0.2, 0) is 20.2 Å². The van der Waals surface area contributed by atoms with E-state index in [1.54, 1.807) is 7.05 Å². The molecule has 0 unspecified atom stereocenters. The minimum Gasteiger partial charge on any atom is -0.392 e. The fourth-order valence-electron chi connectivity index (χ4n) is 2.16. The number of anilines is 1. The molecule has 0 bridgehead atoms. The van der Waals surface area contributed by atoms with E-state index in [4.69, 9.17) is 0 Å². The summed E-state index contributed by atoms with van der Waals surface area (Å²) in [7, 11) is 1.63. The highest BCUT2D eigenvalue weighted by molar-refractivity contribution is 5.77. The molecule has 0 aliphatic rings. The summed E-state index contributed by atoms with van der Waals surface area (Å²) in [5.41, 5.74) is -0.840. The summed E-state index contributed by atoms with van der Waals surface area (Å²) in [4.78, 5) is 25.1. The number of aryl methyl sites for hydroxylation is 1. The zero-order chi connectivity index (χ0) is 17.1. The van der Waals surface area contributed by atoms with Gasteiger partial charge in [-0.2, -0.15) is 5.10 Å². The Labute approximate surface area is 129 Å². The molecule has 0 radical (unpaired) electrons. The van der Waals surface area contributed by atoms with Crippen molar-refractivity contribution in [3.63, 3.8) is 0 Å². The van der Waals surface area contributed by atoms with Crippen molar-refractivity contribution >= 4 is 17.1 Å². The summed E-state index contributed by atoms with van der Waals surface area (Å²) in [6.07, 6.45) is 1.31. The SMILES string of the molecule is Cc1c(CO)cc([N+](=O)[O-])c(NCc2ncnn2C)c1[N+](=O)[O-]. The second-order valence-corrected chi connectivity index (χ2v) is 4.73. The Bertz CT molecular complexity index is 772. The molecule has 1 aromatic carbocycles. The van der Waals surface area contributed by atoms with Crippen LogP contribution in [0, 0.1) is 27.2 Å². The number of aromatic nitrogens is 3. The van der Waals surface area contributed by atoms with Crippen molar-refractivity contribution in [3.05, 3.63) is 49.6 Å². The van der Waals surface area contributed by atoms with Gasteiger partial charge in [0.05, 0.1) is 23.0 Å². The Hall–Kier alpha value is -3.08. The highest BCUT2D eigenvalue weighted by Crippen LogP contribution is 2.39. The minimum atomic E-state index is -0.732. The number of aliphatic hydroxyl groups excluding tert-OH is 1. The van der Waals surface area contributed by atoms with Gasteiger partial charge < -0.3 is 10.4 Å². The Morgan fingerprint density at radius 1 is 1.35 bits per heavy atom. The number of rotatable bonds is 6. The van der Waals surface area contributed by atoms with E-state index in [2.05, 4.69) is 15.4 Å². The molecule has 11 heteroatoms. The van der Waals surface area contributed by atoms with E-state index in [0.717, 1.165) is 6.07 Å². The number of nitro groups is 2. The fourth-order valence-corrected chi connectivity index (χ4v) is 2.16. The van der Waals surface area contributed by atoms with Gasteiger partial charge in [-0.15, -0.1) is 0 Å². The third-order valence-corrected chi connectivity index (χ3v) is 3.42. The van der Waals surface area contributed by atoms with Gasteiger partial charge in [0.2, 0.25) is 0 Å². The van der Waals surface area contributed by atoms with Crippen LogP contribution in [0.3, 0.4) is 0 Å². The lowest BCUT2D eigenvalue weighted by Crippen LogP contribution is -2.11. The summed E-state index contributed by atoms with van der Waals surface area (Å²) in [6.45, 7) is 0.925. The Morgan fingerprint density at radius 3 is 2.52 bits per heavy atom. The summed E-state index contributed by atoms with van der Waals surface area (Å²) < 4.78 is 1.44. The average molecular weight is 322 g/mol. The lowest BCUT2D eigenvalue weighted by Gasteiger charge is -2.11. The Balaban J connectivity index is 2.54. The molecule has 11 nitrogen and oxygen atoms in total. The van der Waals surface area contributed by atoms with Gasteiger partial charge in [-0.3, -0.25) is 24.9 Å². The van der Waals surface area contributed by atoms with Crippen LogP contribution in [0.15, 0.2) is 12.4 Å². The third kappa shape index (κ3) is 3.08. The summed E-state index contributed by atoms with van der Waals surface area (Å²) in [6, 6.07) is 1.13. The number of hydrogen-bond donors (Lipinski definition) is 2. The number of benzene rings is 1. The zero-order valence-electron chi connectivity index (χ0n) is 12.4. The molecule has 2 rings (SSSR count). The fraction of sp³-hybridized carbons (Fsp3) is 0.333. The topological polar surface area (TPSA) is 149 Å². The van der Waals surface area contributed by atoms with Crippen molar-refractivity contribution in [2.75, 3.05) is 5.32 Å². The second-order valence-electron chi connectivity index (χ2n) is 4.73. The molecule has 122 valence electrons. The quantitative estimate of drug-likeness (QED) is 0.591. The van der Waals surface area contributed by atoms with Crippen molar-refractivity contribution in [1.29, 1.82) is 0 Å². The van der Waals surface area contributed by atoms with Crippen LogP contribution < -0.4 is 5.32 Å². The van der Waals surface area contributed by atoms with Crippen molar-refractivity contribution in [2.45, 2.75) is 20.1 Å². The number of nitrogens with one attached hydrogen (secondary N) is 1. The van der Waals surface area contributed by atoms with Gasteiger partial charge in [-0.05, 0) is 12.5 Å². The minimum absolute atomic E-state index is 0.0239. The van der Waals surface area contributed by atoms with Gasteiger partial charge in [0.25, 0.3) is 5.69 Å². The molecule has 1 aromatic heterocycles. The highest BCUT2D eigenvalue weighted by atomic mass is 16.6. The van der Waals surface area contributed by atoms with Crippen LogP contribution in [0.1, 0.15) is 17.0 Å².